The predicted octanol–water partition coefficient (Wildman–Crippen LogP) is 8.29. The Balaban J connectivity index is 1.18. The van der Waals surface area contributed by atoms with Crippen molar-refractivity contribution in [2.75, 3.05) is 0 Å². The van der Waals surface area contributed by atoms with E-state index in [9.17, 15) is 0 Å². The summed E-state index contributed by atoms with van der Waals surface area (Å²) < 4.78 is 0. The third-order valence-electron chi connectivity index (χ3n) is 6.65. The molecule has 2 heteroatoms. The van der Waals surface area contributed by atoms with Gasteiger partial charge in [0, 0.05) is 22.7 Å². The Labute approximate surface area is 206 Å². The Morgan fingerprint density at radius 3 is 2.17 bits per heavy atom. The van der Waals surface area contributed by atoms with Crippen molar-refractivity contribution >= 4 is 21.7 Å². The normalized spacial score (nSPS) is 11.2. The lowest BCUT2D eigenvalue weighted by Gasteiger charge is -2.09. The summed E-state index contributed by atoms with van der Waals surface area (Å²) in [4.78, 5) is 9.72. The van der Waals surface area contributed by atoms with E-state index in [1.54, 1.807) is 0 Å². The third-order valence-corrected chi connectivity index (χ3v) is 6.65. The fourth-order valence-corrected chi connectivity index (χ4v) is 4.77. The van der Waals surface area contributed by atoms with Gasteiger partial charge >= 0.3 is 0 Å². The van der Waals surface area contributed by atoms with Gasteiger partial charge in [-0.25, -0.2) is 4.98 Å². The molecule has 0 radical (unpaired) electrons. The van der Waals surface area contributed by atoms with E-state index in [4.69, 9.17) is 4.98 Å². The van der Waals surface area contributed by atoms with E-state index in [0.29, 0.717) is 0 Å². The Hall–Kier alpha value is -4.30. The van der Waals surface area contributed by atoms with Crippen LogP contribution in [0.5, 0.6) is 0 Å². The Morgan fingerprint density at radius 1 is 0.543 bits per heavy atom. The van der Waals surface area contributed by atoms with Crippen LogP contribution in [0, 0.1) is 0 Å². The van der Waals surface area contributed by atoms with Crippen molar-refractivity contribution in [3.8, 4) is 22.5 Å². The average Bonchev–Trinajstić information content (AvgIpc) is 2.93. The van der Waals surface area contributed by atoms with Crippen molar-refractivity contribution in [1.82, 2.24) is 9.97 Å². The van der Waals surface area contributed by atoms with Gasteiger partial charge in [0.05, 0.1) is 16.9 Å². The number of hydrogen-bond donors (Lipinski definition) is 0. The summed E-state index contributed by atoms with van der Waals surface area (Å²) >= 11 is 0. The number of hydrogen-bond acceptors (Lipinski definition) is 2. The van der Waals surface area contributed by atoms with Gasteiger partial charge in [-0.3, -0.25) is 4.98 Å². The smallest absolute Gasteiger partial charge is 0.0715 e. The van der Waals surface area contributed by atoms with Crippen LogP contribution in [-0.2, 0) is 12.8 Å². The fourth-order valence-electron chi connectivity index (χ4n) is 4.77. The first kappa shape index (κ1) is 21.2. The lowest BCUT2D eigenvalue weighted by Crippen LogP contribution is -1.93. The second kappa shape index (κ2) is 9.52. The summed E-state index contributed by atoms with van der Waals surface area (Å²) in [5.74, 6) is 0. The number of aryl methyl sites for hydroxylation is 2. The van der Waals surface area contributed by atoms with Crippen LogP contribution < -0.4 is 0 Å². The van der Waals surface area contributed by atoms with Gasteiger partial charge in [0.1, 0.15) is 0 Å². The van der Waals surface area contributed by atoms with E-state index in [-0.39, 0.29) is 0 Å². The maximum absolute atomic E-state index is 5.05. The first-order chi connectivity index (χ1) is 17.3. The molecule has 2 aromatic heterocycles. The topological polar surface area (TPSA) is 25.8 Å². The zero-order valence-corrected chi connectivity index (χ0v) is 19.6. The van der Waals surface area contributed by atoms with Crippen LogP contribution in [0.1, 0.15) is 17.5 Å². The summed E-state index contributed by atoms with van der Waals surface area (Å²) in [7, 11) is 0. The van der Waals surface area contributed by atoms with Gasteiger partial charge in [-0.15, -0.1) is 0 Å². The van der Waals surface area contributed by atoms with Crippen molar-refractivity contribution in [3.05, 3.63) is 133 Å². The monoisotopic (exact) mass is 450 g/mol. The predicted molar refractivity (Wildman–Crippen MR) is 146 cm³/mol. The third kappa shape index (κ3) is 4.56. The first-order valence-electron chi connectivity index (χ1n) is 12.2. The molecule has 35 heavy (non-hydrogen) atoms. The maximum Gasteiger partial charge on any atom is 0.0715 e. The number of benzene rings is 4. The van der Waals surface area contributed by atoms with E-state index < -0.39 is 0 Å². The largest absolute Gasteiger partial charge is 0.256 e. The minimum Gasteiger partial charge on any atom is -0.256 e. The number of fused-ring (bicyclic) bond motifs is 2. The molecule has 0 aliphatic carbocycles. The quantitative estimate of drug-likeness (QED) is 0.255. The molecule has 6 rings (SSSR count). The van der Waals surface area contributed by atoms with Gasteiger partial charge < -0.3 is 0 Å². The number of pyridine rings is 2. The highest BCUT2D eigenvalue weighted by Crippen LogP contribution is 2.29. The highest BCUT2D eigenvalue weighted by atomic mass is 14.7. The molecule has 0 amide bonds. The van der Waals surface area contributed by atoms with Crippen LogP contribution in [0.3, 0.4) is 0 Å². The molecule has 168 valence electrons. The van der Waals surface area contributed by atoms with Gasteiger partial charge in [0.15, 0.2) is 0 Å². The summed E-state index contributed by atoms with van der Waals surface area (Å²) in [6.45, 7) is 0. The van der Waals surface area contributed by atoms with Crippen LogP contribution in [0.25, 0.3) is 44.2 Å². The van der Waals surface area contributed by atoms with Crippen molar-refractivity contribution in [2.24, 2.45) is 0 Å². The van der Waals surface area contributed by atoms with Crippen molar-refractivity contribution in [2.45, 2.75) is 19.3 Å². The highest BCUT2D eigenvalue weighted by Gasteiger charge is 2.07. The molecule has 0 fully saturated rings. The molecule has 6 aromatic rings. The summed E-state index contributed by atoms with van der Waals surface area (Å²) in [6, 6.07) is 40.6. The lowest BCUT2D eigenvalue weighted by molar-refractivity contribution is 0.818. The Kier molecular flexibility index (Phi) is 5.78. The fraction of sp³-hybridized carbons (Fsp3) is 0.0909. The van der Waals surface area contributed by atoms with Gasteiger partial charge in [-0.1, -0.05) is 97.1 Å². The second-order valence-electron chi connectivity index (χ2n) is 9.02. The number of nitrogens with zero attached hydrogens (tertiary/aromatic N) is 2. The summed E-state index contributed by atoms with van der Waals surface area (Å²) in [6.07, 6.45) is 5.14. The molecule has 4 aromatic carbocycles. The van der Waals surface area contributed by atoms with Gasteiger partial charge in [-0.2, -0.15) is 0 Å². The zero-order valence-electron chi connectivity index (χ0n) is 19.6. The molecular weight excluding hydrogens is 424 g/mol. The molecule has 0 saturated carbocycles. The molecule has 2 heterocycles. The van der Waals surface area contributed by atoms with Crippen LogP contribution in [-0.4, -0.2) is 9.97 Å². The molecule has 2 nitrogen and oxygen atoms in total. The van der Waals surface area contributed by atoms with Gasteiger partial charge in [0.25, 0.3) is 0 Å². The molecule has 0 saturated heterocycles. The minimum absolute atomic E-state index is 1.02. The lowest BCUT2D eigenvalue weighted by atomic mass is 10.00. The molecule has 0 atom stereocenters. The van der Waals surface area contributed by atoms with Crippen LogP contribution in [0.4, 0.5) is 0 Å². The van der Waals surface area contributed by atoms with Crippen molar-refractivity contribution in [3.63, 3.8) is 0 Å². The first-order valence-corrected chi connectivity index (χ1v) is 12.2. The molecule has 0 aliphatic heterocycles. The van der Waals surface area contributed by atoms with E-state index in [1.165, 1.54) is 32.8 Å². The van der Waals surface area contributed by atoms with E-state index in [2.05, 4.69) is 102 Å². The van der Waals surface area contributed by atoms with E-state index in [1.807, 2.05) is 24.4 Å². The Morgan fingerprint density at radius 2 is 1.29 bits per heavy atom. The van der Waals surface area contributed by atoms with Crippen LogP contribution in [0.15, 0.2) is 121 Å². The molecule has 0 bridgehead atoms. The summed E-state index contributed by atoms with van der Waals surface area (Å²) in [5.41, 5.74) is 8.05. The zero-order chi connectivity index (χ0) is 23.5. The molecular formula is C33H26N2. The molecule has 0 unspecified atom stereocenters. The van der Waals surface area contributed by atoms with Crippen molar-refractivity contribution < 1.29 is 0 Å². The molecule has 0 aliphatic rings. The van der Waals surface area contributed by atoms with Crippen molar-refractivity contribution in [1.29, 1.82) is 0 Å². The second-order valence-corrected chi connectivity index (χ2v) is 9.02. The van der Waals surface area contributed by atoms with Gasteiger partial charge in [-0.05, 0) is 59.4 Å². The number of aromatic nitrogens is 2. The van der Waals surface area contributed by atoms with Gasteiger partial charge in [0.2, 0.25) is 0 Å². The van der Waals surface area contributed by atoms with E-state index in [0.717, 1.165) is 41.7 Å². The maximum atomic E-state index is 5.05. The standard InChI is InChI=1S/C33H26N2/c1-2-11-27(12-3-1)31-20-17-25(23-34-31)9-6-8-24-16-18-28-19-21-32(35-33(28)22-24)30-15-7-13-26-10-4-5-14-29(26)30/h1-5,7,10-23H,6,8-9H2. The number of rotatable bonds is 6. The SMILES string of the molecule is c1ccc(-c2ccc(CCCc3ccc4ccc(-c5cccc6ccccc56)nc4c3)cn2)cc1. The highest BCUT2D eigenvalue weighted by molar-refractivity contribution is 5.96. The van der Waals surface area contributed by atoms with Crippen LogP contribution in [0.2, 0.25) is 0 Å². The average molecular weight is 451 g/mol. The summed E-state index contributed by atoms with van der Waals surface area (Å²) in [5, 5.41) is 3.66. The Bertz CT molecular complexity index is 1600. The van der Waals surface area contributed by atoms with E-state index >= 15 is 0 Å². The van der Waals surface area contributed by atoms with Crippen LogP contribution >= 0.6 is 0 Å². The molecule has 0 N–H and O–H groups in total. The molecule has 0 spiro atoms. The minimum atomic E-state index is 1.02.